The first kappa shape index (κ1) is 24.8. The molecule has 3 aromatic rings. The van der Waals surface area contributed by atoms with Crippen molar-refractivity contribution in [1.29, 1.82) is 0 Å². The van der Waals surface area contributed by atoms with Gasteiger partial charge in [0.1, 0.15) is 6.54 Å². The third-order valence-corrected chi connectivity index (χ3v) is 7.80. The van der Waals surface area contributed by atoms with Crippen molar-refractivity contribution in [3.05, 3.63) is 93.5 Å². The number of nitrogens with zero attached hydrogens (tertiary/aromatic N) is 1. The van der Waals surface area contributed by atoms with E-state index in [1.165, 1.54) is 0 Å². The van der Waals surface area contributed by atoms with Gasteiger partial charge in [-0.2, -0.15) is 0 Å². The number of carbonyl (C=O) groups excluding carboxylic acids is 1. The molecule has 0 aromatic heterocycles. The minimum atomic E-state index is -4.00. The Hall–Kier alpha value is -2.83. The van der Waals surface area contributed by atoms with Gasteiger partial charge < -0.3 is 5.32 Å². The first-order valence-electron chi connectivity index (χ1n) is 10.7. The Bertz CT molecular complexity index is 1270. The van der Waals surface area contributed by atoms with Crippen molar-refractivity contribution >= 4 is 33.2 Å². The largest absolute Gasteiger partial charge is 0.348 e. The van der Waals surface area contributed by atoms with Crippen LogP contribution in [0.3, 0.4) is 0 Å². The Kier molecular flexibility index (Phi) is 7.50. The molecule has 0 fully saturated rings. The standard InChI is InChI=1S/C26H29ClN2O3S/c1-17-6-11-23(12-7-17)33(31,32)29(22-10-9-19(3)25(27)15-22)16-26(30)28-21(5)24-13-8-18(2)14-20(24)4/h6-15,21H,16H2,1-5H3,(H,28,30). The summed E-state index contributed by atoms with van der Waals surface area (Å²) >= 11 is 6.28. The molecule has 7 heteroatoms. The van der Waals surface area contributed by atoms with Gasteiger partial charge >= 0.3 is 0 Å². The maximum absolute atomic E-state index is 13.5. The fourth-order valence-electron chi connectivity index (χ4n) is 3.70. The SMILES string of the molecule is Cc1ccc(S(=O)(=O)N(CC(=O)NC(C)c2ccc(C)cc2C)c2ccc(C)c(Cl)c2)cc1. The lowest BCUT2D eigenvalue weighted by molar-refractivity contribution is -0.120. The summed E-state index contributed by atoms with van der Waals surface area (Å²) in [4.78, 5) is 13.1. The fraction of sp³-hybridized carbons (Fsp3) is 0.269. The van der Waals surface area contributed by atoms with Gasteiger partial charge in [-0.3, -0.25) is 9.10 Å². The quantitative estimate of drug-likeness (QED) is 0.471. The van der Waals surface area contributed by atoms with Crippen LogP contribution >= 0.6 is 11.6 Å². The number of anilines is 1. The van der Waals surface area contributed by atoms with Gasteiger partial charge in [0, 0.05) is 5.02 Å². The van der Waals surface area contributed by atoms with E-state index in [2.05, 4.69) is 11.4 Å². The average molecular weight is 485 g/mol. The minimum absolute atomic E-state index is 0.111. The van der Waals surface area contributed by atoms with Crippen molar-refractivity contribution in [2.24, 2.45) is 0 Å². The molecule has 1 atom stereocenters. The van der Waals surface area contributed by atoms with Gasteiger partial charge in [0.15, 0.2) is 0 Å². The maximum Gasteiger partial charge on any atom is 0.264 e. The first-order chi connectivity index (χ1) is 15.5. The van der Waals surface area contributed by atoms with Crippen molar-refractivity contribution in [1.82, 2.24) is 5.32 Å². The second-order valence-electron chi connectivity index (χ2n) is 8.41. The fourth-order valence-corrected chi connectivity index (χ4v) is 5.28. The molecule has 0 aliphatic rings. The topological polar surface area (TPSA) is 66.5 Å². The number of amides is 1. The van der Waals surface area contributed by atoms with Gasteiger partial charge in [0.2, 0.25) is 5.91 Å². The number of halogens is 1. The van der Waals surface area contributed by atoms with E-state index in [4.69, 9.17) is 11.6 Å². The van der Waals surface area contributed by atoms with Gasteiger partial charge in [-0.25, -0.2) is 8.42 Å². The highest BCUT2D eigenvalue weighted by Crippen LogP contribution is 2.28. The summed E-state index contributed by atoms with van der Waals surface area (Å²) in [6.45, 7) is 9.25. The molecule has 1 unspecified atom stereocenters. The highest BCUT2D eigenvalue weighted by Gasteiger charge is 2.28. The minimum Gasteiger partial charge on any atom is -0.348 e. The summed E-state index contributed by atoms with van der Waals surface area (Å²) in [7, 11) is -4.00. The van der Waals surface area contributed by atoms with Crippen molar-refractivity contribution < 1.29 is 13.2 Å². The second-order valence-corrected chi connectivity index (χ2v) is 10.7. The second kappa shape index (κ2) is 9.98. The van der Waals surface area contributed by atoms with Gasteiger partial charge in [-0.05, 0) is 75.6 Å². The molecular weight excluding hydrogens is 456 g/mol. The molecule has 0 saturated carbocycles. The summed E-state index contributed by atoms with van der Waals surface area (Å²) in [5.41, 5.74) is 5.29. The van der Waals surface area contributed by atoms with E-state index >= 15 is 0 Å². The van der Waals surface area contributed by atoms with Crippen molar-refractivity contribution in [2.75, 3.05) is 10.8 Å². The van der Waals surface area contributed by atoms with E-state index in [0.717, 1.165) is 32.1 Å². The molecule has 0 spiro atoms. The lowest BCUT2D eigenvalue weighted by Gasteiger charge is -2.26. The van der Waals surface area contributed by atoms with E-state index < -0.39 is 15.9 Å². The molecule has 0 bridgehead atoms. The monoisotopic (exact) mass is 484 g/mol. The molecule has 3 rings (SSSR count). The van der Waals surface area contributed by atoms with Crippen LogP contribution in [0.25, 0.3) is 0 Å². The molecule has 0 radical (unpaired) electrons. The van der Waals surface area contributed by atoms with E-state index in [0.29, 0.717) is 10.7 Å². The number of sulfonamides is 1. The molecule has 0 aliphatic carbocycles. The molecule has 3 aromatic carbocycles. The number of hydrogen-bond acceptors (Lipinski definition) is 3. The number of hydrogen-bond donors (Lipinski definition) is 1. The Morgan fingerprint density at radius 2 is 1.55 bits per heavy atom. The molecule has 174 valence electrons. The van der Waals surface area contributed by atoms with E-state index in [9.17, 15) is 13.2 Å². The summed E-state index contributed by atoms with van der Waals surface area (Å²) in [5, 5.41) is 3.37. The Morgan fingerprint density at radius 3 is 2.15 bits per heavy atom. The third kappa shape index (κ3) is 5.75. The zero-order valence-electron chi connectivity index (χ0n) is 19.5. The van der Waals surface area contributed by atoms with Crippen molar-refractivity contribution in [3.63, 3.8) is 0 Å². The normalized spacial score (nSPS) is 12.3. The Labute approximate surface area is 201 Å². The Balaban J connectivity index is 1.93. The number of benzene rings is 3. The molecule has 1 amide bonds. The molecular formula is C26H29ClN2O3S. The van der Waals surface area contributed by atoms with Crippen LogP contribution in [0.5, 0.6) is 0 Å². The first-order valence-corrected chi connectivity index (χ1v) is 12.5. The van der Waals surface area contributed by atoms with Crippen LogP contribution in [0, 0.1) is 27.7 Å². The van der Waals surface area contributed by atoms with Crippen LogP contribution in [0.1, 0.15) is 40.8 Å². The van der Waals surface area contributed by atoms with Gasteiger partial charge in [0.25, 0.3) is 10.0 Å². The summed E-state index contributed by atoms with van der Waals surface area (Å²) < 4.78 is 28.2. The van der Waals surface area contributed by atoms with Gasteiger partial charge in [-0.1, -0.05) is 59.1 Å². The predicted molar refractivity (Wildman–Crippen MR) is 134 cm³/mol. The van der Waals surface area contributed by atoms with E-state index in [1.807, 2.05) is 46.8 Å². The van der Waals surface area contributed by atoms with Crippen molar-refractivity contribution in [3.8, 4) is 0 Å². The highest BCUT2D eigenvalue weighted by molar-refractivity contribution is 7.92. The molecule has 33 heavy (non-hydrogen) atoms. The average Bonchev–Trinajstić information content (AvgIpc) is 2.74. The van der Waals surface area contributed by atoms with Crippen molar-refractivity contribution in [2.45, 2.75) is 45.6 Å². The molecule has 0 heterocycles. The zero-order chi connectivity index (χ0) is 24.3. The predicted octanol–water partition coefficient (Wildman–Crippen LogP) is 5.65. The van der Waals surface area contributed by atoms with Crippen LogP contribution in [-0.2, 0) is 14.8 Å². The number of rotatable bonds is 7. The summed E-state index contributed by atoms with van der Waals surface area (Å²) in [6, 6.07) is 17.3. The van der Waals surface area contributed by atoms with Crippen LogP contribution < -0.4 is 9.62 Å². The third-order valence-electron chi connectivity index (χ3n) is 5.61. The highest BCUT2D eigenvalue weighted by atomic mass is 35.5. The molecule has 0 saturated heterocycles. The van der Waals surface area contributed by atoms with Gasteiger partial charge in [-0.15, -0.1) is 0 Å². The lowest BCUT2D eigenvalue weighted by Crippen LogP contribution is -2.41. The van der Waals surface area contributed by atoms with E-state index in [-0.39, 0.29) is 17.5 Å². The van der Waals surface area contributed by atoms with Crippen LogP contribution in [0.15, 0.2) is 65.6 Å². The lowest BCUT2D eigenvalue weighted by atomic mass is 10.0. The molecule has 1 N–H and O–H groups in total. The molecule has 0 aliphatic heterocycles. The molecule has 5 nitrogen and oxygen atoms in total. The van der Waals surface area contributed by atoms with Crippen LogP contribution in [0.2, 0.25) is 5.02 Å². The Morgan fingerprint density at radius 1 is 0.909 bits per heavy atom. The van der Waals surface area contributed by atoms with Crippen LogP contribution in [0.4, 0.5) is 5.69 Å². The van der Waals surface area contributed by atoms with E-state index in [1.54, 1.807) is 42.5 Å². The summed E-state index contributed by atoms with van der Waals surface area (Å²) in [5.74, 6) is -0.408. The number of carbonyl (C=O) groups is 1. The summed E-state index contributed by atoms with van der Waals surface area (Å²) in [6.07, 6.45) is 0. The number of aryl methyl sites for hydroxylation is 4. The van der Waals surface area contributed by atoms with Crippen LogP contribution in [-0.4, -0.2) is 20.9 Å². The van der Waals surface area contributed by atoms with Gasteiger partial charge in [0.05, 0.1) is 16.6 Å². The zero-order valence-corrected chi connectivity index (χ0v) is 21.1. The number of nitrogens with one attached hydrogen (secondary N) is 1. The smallest absolute Gasteiger partial charge is 0.264 e. The maximum atomic E-state index is 13.5.